The Morgan fingerprint density at radius 3 is 2.70 bits per heavy atom. The third-order valence-corrected chi connectivity index (χ3v) is 6.00. The predicted octanol–water partition coefficient (Wildman–Crippen LogP) is 3.32. The molecule has 1 aromatic carbocycles. The van der Waals surface area contributed by atoms with Crippen molar-refractivity contribution in [1.29, 1.82) is 0 Å². The number of hydrogen-bond donors (Lipinski definition) is 0. The number of aromatic nitrogens is 2. The van der Waals surface area contributed by atoms with Gasteiger partial charge in [0.2, 0.25) is 14.2 Å². The van der Waals surface area contributed by atoms with Crippen molar-refractivity contribution in [2.45, 2.75) is 10.1 Å². The molecule has 0 aliphatic carbocycles. The highest BCUT2D eigenvalue weighted by Gasteiger charge is 2.20. The molecule has 0 spiro atoms. The molecule has 0 aliphatic rings. The molecule has 7 heteroatoms. The number of hydrogen-bond acceptors (Lipinski definition) is 5. The largest absolute Gasteiger partial charge is 0.234 e. The summed E-state index contributed by atoms with van der Waals surface area (Å²) >= 11 is 6.93. The molecule has 3 aromatic rings. The lowest BCUT2D eigenvalue weighted by atomic mass is 10.2. The van der Waals surface area contributed by atoms with Crippen LogP contribution in [0, 0.1) is 0 Å². The summed E-state index contributed by atoms with van der Waals surface area (Å²) in [7, 11) is -3.46. The van der Waals surface area contributed by atoms with Crippen molar-refractivity contribution in [1.82, 2.24) is 9.97 Å². The van der Waals surface area contributed by atoms with Crippen LogP contribution in [0.4, 0.5) is 0 Å². The van der Waals surface area contributed by atoms with Crippen LogP contribution in [0.1, 0.15) is 5.56 Å². The van der Waals surface area contributed by atoms with E-state index in [0.717, 1.165) is 16.9 Å². The van der Waals surface area contributed by atoms with Crippen molar-refractivity contribution in [3.63, 3.8) is 0 Å². The van der Waals surface area contributed by atoms with Gasteiger partial charge >= 0.3 is 0 Å². The van der Waals surface area contributed by atoms with E-state index in [1.165, 1.54) is 6.20 Å². The highest BCUT2D eigenvalue weighted by atomic mass is 35.5. The third kappa shape index (κ3) is 2.67. The Kier molecular flexibility index (Phi) is 3.45. The predicted molar refractivity (Wildman–Crippen MR) is 79.8 cm³/mol. The number of thiazole rings is 1. The van der Waals surface area contributed by atoms with E-state index in [-0.39, 0.29) is 10.1 Å². The quantitative estimate of drug-likeness (QED) is 0.741. The molecule has 0 atom stereocenters. The summed E-state index contributed by atoms with van der Waals surface area (Å²) in [6.07, 6.45) is 1.46. The fraction of sp³-hybridized carbons (Fsp3) is 0.0769. The number of fused-ring (bicyclic) bond motifs is 1. The standard InChI is InChI=1S/C13H9ClN2O2S2/c14-10-6-11-12(15-7-10)16-13(19-11)20(17,18)8-9-4-2-1-3-5-9/h1-7H,8H2. The number of sulfone groups is 1. The monoisotopic (exact) mass is 324 g/mol. The molecule has 3 rings (SSSR count). The first kappa shape index (κ1) is 13.5. The number of benzene rings is 1. The van der Waals surface area contributed by atoms with E-state index >= 15 is 0 Å². The Balaban J connectivity index is 2.01. The molecule has 0 N–H and O–H groups in total. The van der Waals surface area contributed by atoms with Gasteiger partial charge in [0.25, 0.3) is 0 Å². The average molecular weight is 325 g/mol. The first-order valence-electron chi connectivity index (χ1n) is 5.73. The molecular formula is C13H9ClN2O2S2. The van der Waals surface area contributed by atoms with Crippen molar-refractivity contribution in [2.75, 3.05) is 0 Å². The van der Waals surface area contributed by atoms with Gasteiger partial charge < -0.3 is 0 Å². The lowest BCUT2D eigenvalue weighted by molar-refractivity contribution is 0.594. The van der Waals surface area contributed by atoms with Gasteiger partial charge in [-0.2, -0.15) is 0 Å². The minimum Gasteiger partial charge on any atom is -0.234 e. The van der Waals surface area contributed by atoms with Gasteiger partial charge in [0.1, 0.15) is 0 Å². The van der Waals surface area contributed by atoms with Crippen molar-refractivity contribution in [3.8, 4) is 0 Å². The van der Waals surface area contributed by atoms with Gasteiger partial charge in [0.15, 0.2) is 5.65 Å². The van der Waals surface area contributed by atoms with Gasteiger partial charge in [-0.3, -0.25) is 0 Å². The molecule has 0 fully saturated rings. The Bertz CT molecular complexity index is 860. The zero-order valence-electron chi connectivity index (χ0n) is 10.2. The maximum absolute atomic E-state index is 12.3. The summed E-state index contributed by atoms with van der Waals surface area (Å²) in [5.41, 5.74) is 1.14. The van der Waals surface area contributed by atoms with Crippen LogP contribution in [-0.4, -0.2) is 18.4 Å². The van der Waals surface area contributed by atoms with Gasteiger partial charge in [0.05, 0.1) is 15.5 Å². The second-order valence-electron chi connectivity index (χ2n) is 4.20. The molecule has 102 valence electrons. The van der Waals surface area contributed by atoms with E-state index in [2.05, 4.69) is 9.97 Å². The normalized spacial score (nSPS) is 11.8. The summed E-state index contributed by atoms with van der Waals surface area (Å²) in [6, 6.07) is 10.7. The first-order chi connectivity index (χ1) is 9.54. The molecule has 0 unspecified atom stereocenters. The highest BCUT2D eigenvalue weighted by molar-refractivity contribution is 7.92. The smallest absolute Gasteiger partial charge is 0.212 e. The van der Waals surface area contributed by atoms with Gasteiger partial charge in [-0.25, -0.2) is 18.4 Å². The Morgan fingerprint density at radius 2 is 1.95 bits per heavy atom. The highest BCUT2D eigenvalue weighted by Crippen LogP contribution is 2.28. The van der Waals surface area contributed by atoms with Crippen molar-refractivity contribution < 1.29 is 8.42 Å². The molecule has 0 saturated carbocycles. The van der Waals surface area contributed by atoms with E-state index in [0.29, 0.717) is 15.4 Å². The fourth-order valence-electron chi connectivity index (χ4n) is 1.76. The van der Waals surface area contributed by atoms with Crippen LogP contribution in [-0.2, 0) is 15.6 Å². The minimum absolute atomic E-state index is 0.0681. The molecule has 0 radical (unpaired) electrons. The summed E-state index contributed by atoms with van der Waals surface area (Å²) in [5, 5.41) is 0.466. The van der Waals surface area contributed by atoms with Gasteiger partial charge in [0, 0.05) is 6.20 Å². The Hall–Kier alpha value is -1.50. The van der Waals surface area contributed by atoms with E-state index in [9.17, 15) is 8.42 Å². The number of rotatable bonds is 3. The Morgan fingerprint density at radius 1 is 1.20 bits per heavy atom. The third-order valence-electron chi connectivity index (χ3n) is 2.66. The maximum Gasteiger partial charge on any atom is 0.212 e. The molecule has 2 heterocycles. The number of nitrogens with zero attached hydrogens (tertiary/aromatic N) is 2. The van der Waals surface area contributed by atoms with Gasteiger partial charge in [-0.05, 0) is 11.6 Å². The molecule has 2 aromatic heterocycles. The van der Waals surface area contributed by atoms with Crippen LogP contribution >= 0.6 is 22.9 Å². The minimum atomic E-state index is -3.46. The first-order valence-corrected chi connectivity index (χ1v) is 8.58. The van der Waals surface area contributed by atoms with Crippen molar-refractivity contribution >= 4 is 43.1 Å². The fourth-order valence-corrected chi connectivity index (χ4v) is 4.62. The van der Waals surface area contributed by atoms with Crippen molar-refractivity contribution in [3.05, 3.63) is 53.2 Å². The van der Waals surface area contributed by atoms with E-state index in [1.807, 2.05) is 18.2 Å². The molecule has 0 aliphatic heterocycles. The van der Waals surface area contributed by atoms with Crippen LogP contribution in [0.2, 0.25) is 5.02 Å². The summed E-state index contributed by atoms with van der Waals surface area (Å²) in [6.45, 7) is 0. The van der Waals surface area contributed by atoms with E-state index in [4.69, 9.17) is 11.6 Å². The Labute approximate surface area is 125 Å². The number of pyridine rings is 1. The summed E-state index contributed by atoms with van der Waals surface area (Å²) < 4.78 is 25.4. The van der Waals surface area contributed by atoms with Crippen LogP contribution in [0.15, 0.2) is 46.9 Å². The second-order valence-corrected chi connectivity index (χ2v) is 7.83. The van der Waals surface area contributed by atoms with Crippen LogP contribution in [0.3, 0.4) is 0 Å². The summed E-state index contributed by atoms with van der Waals surface area (Å²) in [5.74, 6) is -0.0681. The van der Waals surface area contributed by atoms with Gasteiger partial charge in [-0.15, -0.1) is 11.3 Å². The lowest BCUT2D eigenvalue weighted by Crippen LogP contribution is -2.04. The maximum atomic E-state index is 12.3. The number of halogens is 1. The van der Waals surface area contributed by atoms with Gasteiger partial charge in [-0.1, -0.05) is 41.9 Å². The molecule has 4 nitrogen and oxygen atoms in total. The zero-order chi connectivity index (χ0) is 14.2. The second kappa shape index (κ2) is 5.12. The molecule has 20 heavy (non-hydrogen) atoms. The van der Waals surface area contributed by atoms with Crippen LogP contribution < -0.4 is 0 Å². The van der Waals surface area contributed by atoms with Crippen LogP contribution in [0.25, 0.3) is 10.3 Å². The topological polar surface area (TPSA) is 59.9 Å². The van der Waals surface area contributed by atoms with Crippen LogP contribution in [0.5, 0.6) is 0 Å². The zero-order valence-corrected chi connectivity index (χ0v) is 12.5. The molecular weight excluding hydrogens is 316 g/mol. The van der Waals surface area contributed by atoms with E-state index < -0.39 is 9.84 Å². The SMILES string of the molecule is O=S(=O)(Cc1ccccc1)c1nc2ncc(Cl)cc2s1. The lowest BCUT2D eigenvalue weighted by Gasteiger charge is -2.00. The van der Waals surface area contributed by atoms with Crippen molar-refractivity contribution in [2.24, 2.45) is 0 Å². The summed E-state index contributed by atoms with van der Waals surface area (Å²) in [4.78, 5) is 8.11. The average Bonchev–Trinajstić information content (AvgIpc) is 2.83. The molecule has 0 bridgehead atoms. The molecule has 0 saturated heterocycles. The molecule has 0 amide bonds. The van der Waals surface area contributed by atoms with E-state index in [1.54, 1.807) is 18.2 Å².